The van der Waals surface area contributed by atoms with Crippen LogP contribution in [0.15, 0.2) is 40.9 Å². The Bertz CT molecular complexity index is 640. The molecule has 2 rings (SSSR count). The molecule has 0 fully saturated rings. The molecule has 98 valence electrons. The maximum atomic E-state index is 13.2. The number of carbonyl (C=O) groups is 1. The van der Waals surface area contributed by atoms with E-state index in [1.165, 1.54) is 12.1 Å². The van der Waals surface area contributed by atoms with Crippen molar-refractivity contribution >= 4 is 33.3 Å². The maximum absolute atomic E-state index is 13.2. The highest BCUT2D eigenvalue weighted by Crippen LogP contribution is 2.23. The standard InChI is InChI=1S/C15H11BrClFO/c1-9-2-4-12(18)6-10(9)7-15(19)13-5-3-11(16)8-14(13)17/h2-6,8H,7H2,1H3. The summed E-state index contributed by atoms with van der Waals surface area (Å²) in [6.45, 7) is 1.85. The third-order valence-electron chi connectivity index (χ3n) is 2.89. The molecule has 0 radical (unpaired) electrons. The fourth-order valence-corrected chi connectivity index (χ4v) is 2.59. The Balaban J connectivity index is 2.28. The number of hydrogen-bond donors (Lipinski definition) is 0. The van der Waals surface area contributed by atoms with E-state index in [-0.39, 0.29) is 18.0 Å². The van der Waals surface area contributed by atoms with Crippen molar-refractivity contribution in [3.8, 4) is 0 Å². The third-order valence-corrected chi connectivity index (χ3v) is 3.70. The fourth-order valence-electron chi connectivity index (χ4n) is 1.81. The predicted molar refractivity (Wildman–Crippen MR) is 78.3 cm³/mol. The van der Waals surface area contributed by atoms with Gasteiger partial charge in [-0.3, -0.25) is 4.79 Å². The first-order valence-electron chi connectivity index (χ1n) is 5.70. The van der Waals surface area contributed by atoms with Gasteiger partial charge in [0.1, 0.15) is 5.82 Å². The van der Waals surface area contributed by atoms with E-state index in [1.54, 1.807) is 24.3 Å². The van der Waals surface area contributed by atoms with Gasteiger partial charge < -0.3 is 0 Å². The molecule has 0 saturated carbocycles. The number of hydrogen-bond acceptors (Lipinski definition) is 1. The second-order valence-electron chi connectivity index (χ2n) is 4.29. The molecule has 1 nitrogen and oxygen atoms in total. The van der Waals surface area contributed by atoms with Crippen LogP contribution >= 0.6 is 27.5 Å². The van der Waals surface area contributed by atoms with Crippen LogP contribution in [0.4, 0.5) is 4.39 Å². The van der Waals surface area contributed by atoms with E-state index < -0.39 is 0 Å². The summed E-state index contributed by atoms with van der Waals surface area (Å²) >= 11 is 9.32. The topological polar surface area (TPSA) is 17.1 Å². The smallest absolute Gasteiger partial charge is 0.168 e. The molecular formula is C15H11BrClFO. The van der Waals surface area contributed by atoms with E-state index in [2.05, 4.69) is 15.9 Å². The number of carbonyl (C=O) groups excluding carboxylic acids is 1. The minimum atomic E-state index is -0.338. The van der Waals surface area contributed by atoms with Gasteiger partial charge in [-0.1, -0.05) is 33.6 Å². The summed E-state index contributed by atoms with van der Waals surface area (Å²) < 4.78 is 14.0. The molecule has 0 aliphatic carbocycles. The summed E-state index contributed by atoms with van der Waals surface area (Å²) in [4.78, 5) is 12.2. The summed E-state index contributed by atoms with van der Waals surface area (Å²) in [5.41, 5.74) is 2.03. The summed E-state index contributed by atoms with van der Waals surface area (Å²) in [7, 11) is 0. The van der Waals surface area contributed by atoms with E-state index >= 15 is 0 Å². The average Bonchev–Trinajstić information content (AvgIpc) is 2.33. The predicted octanol–water partition coefficient (Wildman–Crippen LogP) is 4.98. The first kappa shape index (κ1) is 14.2. The lowest BCUT2D eigenvalue weighted by molar-refractivity contribution is 0.0993. The Labute approximate surface area is 124 Å². The second-order valence-corrected chi connectivity index (χ2v) is 5.62. The van der Waals surface area contributed by atoms with Crippen LogP contribution in [0.25, 0.3) is 0 Å². The van der Waals surface area contributed by atoms with Gasteiger partial charge in [-0.2, -0.15) is 0 Å². The summed E-state index contributed by atoms with van der Waals surface area (Å²) in [6.07, 6.45) is 0.144. The van der Waals surface area contributed by atoms with Gasteiger partial charge >= 0.3 is 0 Å². The zero-order valence-corrected chi connectivity index (χ0v) is 12.6. The number of ketones is 1. The Morgan fingerprint density at radius 2 is 2.00 bits per heavy atom. The van der Waals surface area contributed by atoms with Crippen LogP contribution in [0.3, 0.4) is 0 Å². The minimum absolute atomic E-state index is 0.119. The lowest BCUT2D eigenvalue weighted by Crippen LogP contribution is -2.06. The fraction of sp³-hybridized carbons (Fsp3) is 0.133. The molecule has 0 amide bonds. The van der Waals surface area contributed by atoms with Crippen molar-refractivity contribution in [1.82, 2.24) is 0 Å². The van der Waals surface area contributed by atoms with Crippen LogP contribution in [-0.4, -0.2) is 5.78 Å². The lowest BCUT2D eigenvalue weighted by atomic mass is 9.99. The number of Topliss-reactive ketones (excluding diaryl/α,β-unsaturated/α-hetero) is 1. The van der Waals surface area contributed by atoms with Gasteiger partial charge in [0.15, 0.2) is 5.78 Å². The van der Waals surface area contributed by atoms with Crippen LogP contribution in [0.5, 0.6) is 0 Å². The van der Waals surface area contributed by atoms with Crippen molar-refractivity contribution < 1.29 is 9.18 Å². The summed E-state index contributed by atoms with van der Waals surface area (Å²) in [5.74, 6) is -0.457. The highest BCUT2D eigenvalue weighted by atomic mass is 79.9. The molecule has 4 heteroatoms. The summed E-state index contributed by atoms with van der Waals surface area (Å²) in [5, 5.41) is 0.397. The molecule has 0 aliphatic rings. The first-order valence-corrected chi connectivity index (χ1v) is 6.88. The van der Waals surface area contributed by atoms with E-state index in [1.807, 2.05) is 6.92 Å². The molecule has 0 atom stereocenters. The molecule has 0 unspecified atom stereocenters. The highest BCUT2D eigenvalue weighted by molar-refractivity contribution is 9.10. The molecule has 0 N–H and O–H groups in total. The Kier molecular flexibility index (Phi) is 4.38. The molecule has 0 aliphatic heterocycles. The molecule has 2 aromatic rings. The molecule has 0 aromatic heterocycles. The SMILES string of the molecule is Cc1ccc(F)cc1CC(=O)c1ccc(Br)cc1Cl. The van der Waals surface area contributed by atoms with Gasteiger partial charge in [0.05, 0.1) is 5.02 Å². The van der Waals surface area contributed by atoms with E-state index in [4.69, 9.17) is 11.6 Å². The van der Waals surface area contributed by atoms with Crippen molar-refractivity contribution in [2.75, 3.05) is 0 Å². The number of halogens is 3. The van der Waals surface area contributed by atoms with Crippen LogP contribution in [0, 0.1) is 12.7 Å². The van der Waals surface area contributed by atoms with Gasteiger partial charge in [-0.05, 0) is 48.4 Å². The van der Waals surface area contributed by atoms with Gasteiger partial charge in [0.25, 0.3) is 0 Å². The van der Waals surface area contributed by atoms with Crippen molar-refractivity contribution in [2.24, 2.45) is 0 Å². The van der Waals surface area contributed by atoms with Crippen LogP contribution in [-0.2, 0) is 6.42 Å². The van der Waals surface area contributed by atoms with E-state index in [0.717, 1.165) is 10.0 Å². The maximum Gasteiger partial charge on any atom is 0.168 e. The molecule has 0 spiro atoms. The van der Waals surface area contributed by atoms with Crippen molar-refractivity contribution in [3.63, 3.8) is 0 Å². The Morgan fingerprint density at radius 1 is 1.26 bits per heavy atom. The van der Waals surface area contributed by atoms with Gasteiger partial charge in [-0.15, -0.1) is 0 Å². The van der Waals surface area contributed by atoms with Crippen molar-refractivity contribution in [2.45, 2.75) is 13.3 Å². The zero-order valence-electron chi connectivity index (χ0n) is 10.2. The van der Waals surface area contributed by atoms with Gasteiger partial charge in [-0.25, -0.2) is 4.39 Å². The first-order chi connectivity index (χ1) is 8.97. The number of rotatable bonds is 3. The third kappa shape index (κ3) is 3.43. The second kappa shape index (κ2) is 5.85. The monoisotopic (exact) mass is 340 g/mol. The number of benzene rings is 2. The van der Waals surface area contributed by atoms with Crippen LogP contribution in [0.1, 0.15) is 21.5 Å². The molecular weight excluding hydrogens is 331 g/mol. The lowest BCUT2D eigenvalue weighted by Gasteiger charge is -2.07. The number of aryl methyl sites for hydroxylation is 1. The van der Waals surface area contributed by atoms with Crippen molar-refractivity contribution in [1.29, 1.82) is 0 Å². The molecule has 0 saturated heterocycles. The van der Waals surface area contributed by atoms with E-state index in [9.17, 15) is 9.18 Å². The van der Waals surface area contributed by atoms with Crippen LogP contribution < -0.4 is 0 Å². The molecule has 0 heterocycles. The molecule has 0 bridgehead atoms. The quantitative estimate of drug-likeness (QED) is 0.720. The largest absolute Gasteiger partial charge is 0.294 e. The van der Waals surface area contributed by atoms with Gasteiger partial charge in [0.2, 0.25) is 0 Å². The van der Waals surface area contributed by atoms with Gasteiger partial charge in [0, 0.05) is 16.5 Å². The average molecular weight is 342 g/mol. The minimum Gasteiger partial charge on any atom is -0.294 e. The normalized spacial score (nSPS) is 10.5. The Morgan fingerprint density at radius 3 is 2.68 bits per heavy atom. The zero-order chi connectivity index (χ0) is 14.0. The Hall–Kier alpha value is -1.19. The molecule has 2 aromatic carbocycles. The van der Waals surface area contributed by atoms with Crippen LogP contribution in [0.2, 0.25) is 5.02 Å². The molecule has 19 heavy (non-hydrogen) atoms. The summed E-state index contributed by atoms with van der Waals surface area (Å²) in [6, 6.07) is 9.55. The van der Waals surface area contributed by atoms with E-state index in [0.29, 0.717) is 16.1 Å². The van der Waals surface area contributed by atoms with Crippen molar-refractivity contribution in [3.05, 3.63) is 68.4 Å². The highest BCUT2D eigenvalue weighted by Gasteiger charge is 2.13.